The van der Waals surface area contributed by atoms with E-state index in [0.29, 0.717) is 12.0 Å². The average molecular weight is 786 g/mol. The third kappa shape index (κ3) is 9.54. The molecule has 1 unspecified atom stereocenters. The Balaban J connectivity index is 1.74. The zero-order chi connectivity index (χ0) is 41.0. The maximum absolute atomic E-state index is 13.7. The van der Waals surface area contributed by atoms with Crippen LogP contribution in [0.15, 0.2) is 62.8 Å². The van der Waals surface area contributed by atoms with Crippen LogP contribution in [0.25, 0.3) is 0 Å². The molecule has 2 aliphatic heterocycles. The van der Waals surface area contributed by atoms with Gasteiger partial charge >= 0.3 is 16.3 Å². The molecule has 4 atom stereocenters. The number of β-lactam (4-membered cyclic amide) rings is 1. The zero-order valence-electron chi connectivity index (χ0n) is 32.2. The molecule has 1 aromatic carbocycles. The number of carbonyl (C=O) groups excluding carboxylic acids is 2. The number of carbonyl (C=O) groups is 3. The summed E-state index contributed by atoms with van der Waals surface area (Å²) in [6, 6.07) is 1.64. The highest BCUT2D eigenvalue weighted by atomic mass is 32.2. The van der Waals surface area contributed by atoms with E-state index in [0.717, 1.165) is 53.7 Å². The minimum atomic E-state index is -5.20. The normalized spacial score (nSPS) is 21.9. The van der Waals surface area contributed by atoms with E-state index < -0.39 is 51.6 Å². The summed E-state index contributed by atoms with van der Waals surface area (Å²) in [6.07, 6.45) is 7.11. The highest BCUT2D eigenvalue weighted by Crippen LogP contribution is 2.47. The lowest BCUT2D eigenvalue weighted by Gasteiger charge is -2.48. The monoisotopic (exact) mass is 785 g/mol. The van der Waals surface area contributed by atoms with Crippen LogP contribution in [-0.2, 0) is 35.9 Å². The van der Waals surface area contributed by atoms with Crippen LogP contribution in [0.3, 0.4) is 0 Å². The van der Waals surface area contributed by atoms with Crippen LogP contribution in [0.4, 0.5) is 0 Å². The van der Waals surface area contributed by atoms with Gasteiger partial charge in [-0.05, 0) is 83.1 Å². The molecule has 0 bridgehead atoms. The molecule has 55 heavy (non-hydrogen) atoms. The van der Waals surface area contributed by atoms with Crippen molar-refractivity contribution in [1.29, 1.82) is 0 Å². The van der Waals surface area contributed by atoms with Crippen molar-refractivity contribution in [3.63, 3.8) is 0 Å². The van der Waals surface area contributed by atoms with Gasteiger partial charge in [-0.2, -0.15) is 12.7 Å². The summed E-state index contributed by atoms with van der Waals surface area (Å²) in [5.41, 5.74) is 6.60. The second-order valence-corrected chi connectivity index (χ2v) is 15.7. The molecule has 0 spiro atoms. The molecule has 0 aromatic heterocycles. The van der Waals surface area contributed by atoms with Gasteiger partial charge in [0.05, 0.1) is 5.70 Å². The smallest absolute Gasteiger partial charge is 0.364 e. The SMILES string of the molecule is C=C(C)[C@@H]1CCC(C)=C[C@H]1c1c(O)cc(CCCCC)cc1OC(=NC)N(C)C1[C@H](NC(=O)/C(=N\OC(C)(C)C(=O)O)C2=CCC(N)=N2)C(=O)N1S(=O)(=O)O. The van der Waals surface area contributed by atoms with E-state index in [1.165, 1.54) is 34.0 Å². The number of phenols is 1. The topological polar surface area (TPSA) is 246 Å². The quantitative estimate of drug-likeness (QED) is 0.0325. The largest absolute Gasteiger partial charge is 0.507 e. The number of likely N-dealkylation sites (N-methyl/N-ethyl adjacent to an activating group) is 1. The summed E-state index contributed by atoms with van der Waals surface area (Å²) in [6.45, 7) is 12.6. The molecule has 2 amide bonds. The first-order valence-corrected chi connectivity index (χ1v) is 19.3. The van der Waals surface area contributed by atoms with Gasteiger partial charge in [0.2, 0.25) is 5.60 Å². The van der Waals surface area contributed by atoms with Gasteiger partial charge in [-0.3, -0.25) is 14.1 Å². The van der Waals surface area contributed by atoms with Crippen molar-refractivity contribution >= 4 is 45.7 Å². The van der Waals surface area contributed by atoms with Gasteiger partial charge in [-0.15, -0.1) is 0 Å². The molecule has 1 saturated heterocycles. The number of rotatable bonds is 15. The number of aromatic hydroxyl groups is 1. The lowest BCUT2D eigenvalue weighted by Crippen LogP contribution is -2.77. The summed E-state index contributed by atoms with van der Waals surface area (Å²) in [5.74, 6) is -3.69. The van der Waals surface area contributed by atoms with Crippen LogP contribution in [0.1, 0.15) is 90.2 Å². The Morgan fingerprint density at radius 1 is 1.25 bits per heavy atom. The van der Waals surface area contributed by atoms with Gasteiger partial charge in [-0.25, -0.2) is 14.8 Å². The summed E-state index contributed by atoms with van der Waals surface area (Å²) < 4.78 is 41.8. The fraction of sp³-hybridized carbons (Fsp3) is 0.514. The highest BCUT2D eigenvalue weighted by Gasteiger charge is 2.57. The average Bonchev–Trinajstić information content (AvgIpc) is 3.52. The molecule has 2 heterocycles. The highest BCUT2D eigenvalue weighted by molar-refractivity contribution is 7.84. The number of oxime groups is 1. The molecular weight excluding hydrogens is 735 g/mol. The fourth-order valence-electron chi connectivity index (χ4n) is 6.63. The molecule has 18 heteroatoms. The molecule has 0 radical (unpaired) electrons. The number of benzene rings is 1. The van der Waals surface area contributed by atoms with Crippen molar-refractivity contribution in [2.75, 3.05) is 14.1 Å². The molecule has 300 valence electrons. The van der Waals surface area contributed by atoms with Gasteiger partial charge in [0.25, 0.3) is 17.8 Å². The van der Waals surface area contributed by atoms with Crippen molar-refractivity contribution in [2.45, 2.75) is 103 Å². The lowest BCUT2D eigenvalue weighted by atomic mass is 9.73. The van der Waals surface area contributed by atoms with Gasteiger partial charge in [0.15, 0.2) is 17.9 Å². The Morgan fingerprint density at radius 2 is 1.95 bits per heavy atom. The van der Waals surface area contributed by atoms with Gasteiger partial charge < -0.3 is 35.7 Å². The number of aliphatic carboxylic acids is 1. The number of hydrogen-bond acceptors (Lipinski definition) is 12. The van der Waals surface area contributed by atoms with Crippen LogP contribution in [-0.4, -0.2) is 99.6 Å². The second-order valence-electron chi connectivity index (χ2n) is 14.5. The number of aliphatic imine (C=N–C) groups is 2. The number of phenolic OH excluding ortho intramolecular Hbond substituents is 1. The van der Waals surface area contributed by atoms with Crippen molar-refractivity contribution in [3.8, 4) is 11.5 Å². The molecule has 0 saturated carbocycles. The number of nitrogens with zero attached hydrogens (tertiary/aromatic N) is 5. The Morgan fingerprint density at radius 3 is 2.51 bits per heavy atom. The molecule has 1 aliphatic carbocycles. The first kappa shape index (κ1) is 42.5. The molecular formula is C37H51N7O10S. The summed E-state index contributed by atoms with van der Waals surface area (Å²) in [7, 11) is -2.48. The lowest BCUT2D eigenvalue weighted by molar-refractivity contribution is -0.161. The number of ether oxygens (including phenoxy) is 1. The molecule has 17 nitrogen and oxygen atoms in total. The third-order valence-corrected chi connectivity index (χ3v) is 10.6. The van der Waals surface area contributed by atoms with Crippen LogP contribution >= 0.6 is 0 Å². The number of carboxylic acid groups (broad SMARTS) is 1. The summed E-state index contributed by atoms with van der Waals surface area (Å²) in [5, 5.41) is 27.2. The van der Waals surface area contributed by atoms with E-state index in [9.17, 15) is 37.6 Å². The number of amides is 2. The number of aryl methyl sites for hydroxylation is 1. The van der Waals surface area contributed by atoms with Crippen molar-refractivity contribution in [2.24, 2.45) is 26.8 Å². The van der Waals surface area contributed by atoms with E-state index in [1.54, 1.807) is 12.1 Å². The van der Waals surface area contributed by atoms with Gasteiger partial charge in [0, 0.05) is 32.0 Å². The summed E-state index contributed by atoms with van der Waals surface area (Å²) >= 11 is 0. The maximum atomic E-state index is 13.7. The first-order valence-electron chi connectivity index (χ1n) is 17.9. The maximum Gasteiger partial charge on any atom is 0.364 e. The molecule has 6 N–H and O–H groups in total. The van der Waals surface area contributed by atoms with E-state index in [-0.39, 0.29) is 51.6 Å². The molecule has 4 rings (SSSR count). The number of allylic oxidation sites excluding steroid dienone is 3. The minimum Gasteiger partial charge on any atom is -0.507 e. The Kier molecular flexibility index (Phi) is 13.2. The van der Waals surface area contributed by atoms with E-state index in [1.807, 2.05) is 13.8 Å². The second kappa shape index (κ2) is 17.1. The fourth-order valence-corrected chi connectivity index (χ4v) is 7.51. The van der Waals surface area contributed by atoms with Crippen molar-refractivity contribution < 1.29 is 47.1 Å². The van der Waals surface area contributed by atoms with Crippen LogP contribution in [0, 0.1) is 5.92 Å². The predicted octanol–water partition coefficient (Wildman–Crippen LogP) is 3.77. The predicted molar refractivity (Wildman–Crippen MR) is 206 cm³/mol. The van der Waals surface area contributed by atoms with Crippen molar-refractivity contribution in [3.05, 3.63) is 58.8 Å². The van der Waals surface area contributed by atoms with Crippen LogP contribution in [0.5, 0.6) is 11.5 Å². The number of hydrogen-bond donors (Lipinski definition) is 5. The number of unbranched alkanes of at least 4 members (excludes halogenated alkanes) is 2. The van der Waals surface area contributed by atoms with Gasteiger partial charge in [-0.1, -0.05) is 48.7 Å². The Bertz CT molecular complexity index is 1990. The number of amidine groups is 2. The molecule has 3 aliphatic rings. The van der Waals surface area contributed by atoms with Crippen LogP contribution < -0.4 is 15.8 Å². The number of nitrogens with one attached hydrogen (secondary N) is 1. The molecule has 1 fully saturated rings. The third-order valence-electron chi connectivity index (χ3n) is 9.72. The number of carboxylic acids is 1. The minimum absolute atomic E-state index is 0.00236. The van der Waals surface area contributed by atoms with Crippen LogP contribution in [0.2, 0.25) is 0 Å². The first-order chi connectivity index (χ1) is 25.7. The van der Waals surface area contributed by atoms with E-state index >= 15 is 0 Å². The van der Waals surface area contributed by atoms with E-state index in [2.05, 4.69) is 40.0 Å². The zero-order valence-corrected chi connectivity index (χ0v) is 33.0. The van der Waals surface area contributed by atoms with Gasteiger partial charge in [0.1, 0.15) is 17.3 Å². The number of nitrogens with two attached hydrogens (primary N) is 1. The molecule has 1 aromatic rings. The Hall–Kier alpha value is -5.23. The van der Waals surface area contributed by atoms with Crippen molar-refractivity contribution in [1.82, 2.24) is 14.5 Å². The van der Waals surface area contributed by atoms with E-state index in [4.69, 9.17) is 15.3 Å². The summed E-state index contributed by atoms with van der Waals surface area (Å²) in [4.78, 5) is 53.3. The standard InChI is InChI=1S/C37H51N7O10S/c1-9-10-11-12-22-18-26(45)29(24-17-21(4)13-14-23(24)20(2)3)27(19-22)53-36(39-7)43(8)33-31(34(47)44(33)55(50,51)52)41-32(46)30(25-15-16-28(38)40-25)42-54-37(5,6)35(48)49/h15,17-19,23-24,31,33,45H,2,9-14,16H2,1,3-8H3,(H2,38,40)(H,41,46)(H,48,49)(H,50,51,52)/b39-36?,42-30-/t23-,24+,31-,33?/m0/s1. The Labute approximate surface area is 321 Å².